The van der Waals surface area contributed by atoms with E-state index in [0.717, 1.165) is 6.92 Å². The first kappa shape index (κ1) is 18.8. The third kappa shape index (κ3) is 4.36. The smallest absolute Gasteiger partial charge is 0.390 e. The lowest BCUT2D eigenvalue weighted by molar-refractivity contribution is -0.378. The molecule has 0 fully saturated rings. The number of hydrogen-bond acceptors (Lipinski definition) is 2. The molecule has 1 aromatic rings. The number of halogens is 6. The number of aryl methyl sites for hydroxylation is 1. The highest BCUT2D eigenvalue weighted by Crippen LogP contribution is 2.47. The Labute approximate surface area is 123 Å². The summed E-state index contributed by atoms with van der Waals surface area (Å²) in [5.74, 6) is 0. The molecule has 0 saturated carbocycles. The lowest BCUT2D eigenvalue weighted by Crippen LogP contribution is -2.60. The molecular weight excluding hydrogens is 314 g/mol. The first-order chi connectivity index (χ1) is 9.79. The number of hydrogen-bond donors (Lipinski definition) is 2. The average Bonchev–Trinajstić information content (AvgIpc) is 2.34. The van der Waals surface area contributed by atoms with Crippen molar-refractivity contribution in [1.29, 1.82) is 0 Å². The van der Waals surface area contributed by atoms with E-state index < -0.39 is 30.0 Å². The molecule has 0 spiro atoms. The van der Waals surface area contributed by atoms with Crippen LogP contribution in [0.5, 0.6) is 0 Å². The van der Waals surface area contributed by atoms with Crippen molar-refractivity contribution in [3.8, 4) is 0 Å². The third-order valence-corrected chi connectivity index (χ3v) is 3.37. The summed E-state index contributed by atoms with van der Waals surface area (Å²) in [6.07, 6.45) is -14.0. The van der Waals surface area contributed by atoms with Gasteiger partial charge < -0.3 is 10.2 Å². The molecule has 0 heterocycles. The second-order valence-corrected chi connectivity index (χ2v) is 5.52. The lowest BCUT2D eigenvalue weighted by Gasteiger charge is -2.37. The first-order valence-corrected chi connectivity index (χ1v) is 6.41. The summed E-state index contributed by atoms with van der Waals surface area (Å²) in [4.78, 5) is 0. The van der Waals surface area contributed by atoms with Crippen molar-refractivity contribution in [3.63, 3.8) is 0 Å². The number of alkyl halides is 6. The van der Waals surface area contributed by atoms with E-state index in [2.05, 4.69) is 0 Å². The molecule has 0 radical (unpaired) electrons. The molecule has 2 nitrogen and oxygen atoms in total. The van der Waals surface area contributed by atoms with Gasteiger partial charge in [-0.1, -0.05) is 30.3 Å². The maximum absolute atomic E-state index is 12.6. The topological polar surface area (TPSA) is 40.5 Å². The van der Waals surface area contributed by atoms with Crippen molar-refractivity contribution in [2.24, 2.45) is 0 Å². The maximum atomic E-state index is 12.6. The molecule has 2 N–H and O–H groups in total. The third-order valence-electron chi connectivity index (χ3n) is 3.37. The normalized spacial score (nSPS) is 16.4. The van der Waals surface area contributed by atoms with Gasteiger partial charge >= 0.3 is 12.4 Å². The minimum atomic E-state index is -5.93. The molecule has 8 heteroatoms. The van der Waals surface area contributed by atoms with Gasteiger partial charge in [0, 0.05) is 6.42 Å². The van der Waals surface area contributed by atoms with Gasteiger partial charge in [-0.3, -0.25) is 0 Å². The van der Waals surface area contributed by atoms with Crippen LogP contribution in [0.1, 0.15) is 25.3 Å². The average molecular weight is 330 g/mol. The van der Waals surface area contributed by atoms with Crippen LogP contribution in [-0.2, 0) is 6.42 Å². The van der Waals surface area contributed by atoms with E-state index in [-0.39, 0.29) is 12.8 Å². The Morgan fingerprint density at radius 3 is 1.73 bits per heavy atom. The highest BCUT2D eigenvalue weighted by Gasteiger charge is 2.71. The molecule has 0 aliphatic heterocycles. The van der Waals surface area contributed by atoms with Crippen molar-refractivity contribution in [1.82, 2.24) is 0 Å². The molecule has 0 bridgehead atoms. The van der Waals surface area contributed by atoms with Gasteiger partial charge in [0.2, 0.25) is 0 Å². The molecule has 0 aliphatic rings. The quantitative estimate of drug-likeness (QED) is 0.810. The molecule has 0 amide bonds. The zero-order chi connectivity index (χ0) is 17.2. The summed E-state index contributed by atoms with van der Waals surface area (Å²) in [7, 11) is 0. The largest absolute Gasteiger partial charge is 0.426 e. The summed E-state index contributed by atoms with van der Waals surface area (Å²) in [5, 5.41) is 19.0. The van der Waals surface area contributed by atoms with Crippen LogP contribution in [0.25, 0.3) is 0 Å². The van der Waals surface area contributed by atoms with E-state index in [9.17, 15) is 31.4 Å². The molecule has 1 aromatic carbocycles. The molecule has 0 aromatic heterocycles. The number of benzene rings is 1. The Morgan fingerprint density at radius 1 is 0.864 bits per heavy atom. The van der Waals surface area contributed by atoms with Crippen molar-refractivity contribution < 1.29 is 36.6 Å². The van der Waals surface area contributed by atoms with Gasteiger partial charge in [-0.05, 0) is 25.3 Å². The molecule has 126 valence electrons. The fourth-order valence-electron chi connectivity index (χ4n) is 2.06. The summed E-state index contributed by atoms with van der Waals surface area (Å²) < 4.78 is 75.7. The first-order valence-electron chi connectivity index (χ1n) is 6.41. The molecule has 22 heavy (non-hydrogen) atoms. The van der Waals surface area contributed by atoms with Crippen LogP contribution in [0.4, 0.5) is 26.3 Å². The van der Waals surface area contributed by atoms with Crippen LogP contribution < -0.4 is 0 Å². The molecule has 1 unspecified atom stereocenters. The van der Waals surface area contributed by atoms with E-state index in [1.165, 1.54) is 0 Å². The van der Waals surface area contributed by atoms with E-state index in [4.69, 9.17) is 5.11 Å². The van der Waals surface area contributed by atoms with Crippen LogP contribution in [0.3, 0.4) is 0 Å². The van der Waals surface area contributed by atoms with Gasteiger partial charge in [-0.2, -0.15) is 26.3 Å². The Bertz CT molecular complexity index is 464. The molecular formula is C14H16F6O2. The van der Waals surface area contributed by atoms with Crippen LogP contribution >= 0.6 is 0 Å². The van der Waals surface area contributed by atoms with Crippen molar-refractivity contribution in [2.75, 3.05) is 0 Å². The summed E-state index contributed by atoms with van der Waals surface area (Å²) in [5.41, 5.74) is -6.62. The highest BCUT2D eigenvalue weighted by molar-refractivity contribution is 5.15. The van der Waals surface area contributed by atoms with Gasteiger partial charge in [-0.25, -0.2) is 0 Å². The van der Waals surface area contributed by atoms with E-state index >= 15 is 0 Å². The Hall–Kier alpha value is -1.28. The standard InChI is InChI=1S/C14H16F6O2/c1-11(21,8-7-10-5-3-2-4-6-10)9-12(22,13(15,16)17)14(18,19)20/h2-6,21-22H,7-9H2,1H3. The van der Waals surface area contributed by atoms with Crippen LogP contribution in [-0.4, -0.2) is 33.8 Å². The van der Waals surface area contributed by atoms with Gasteiger partial charge in [0.05, 0.1) is 5.60 Å². The molecule has 1 rings (SSSR count). The van der Waals surface area contributed by atoms with Crippen molar-refractivity contribution in [3.05, 3.63) is 35.9 Å². The van der Waals surface area contributed by atoms with E-state index in [1.807, 2.05) is 0 Å². The molecule has 1 atom stereocenters. The predicted octanol–water partition coefficient (Wildman–Crippen LogP) is 3.62. The number of aliphatic hydroxyl groups is 2. The van der Waals surface area contributed by atoms with E-state index in [0.29, 0.717) is 5.56 Å². The summed E-state index contributed by atoms with van der Waals surface area (Å²) in [6.45, 7) is 0.846. The number of rotatable bonds is 5. The van der Waals surface area contributed by atoms with Gasteiger partial charge in [-0.15, -0.1) is 0 Å². The van der Waals surface area contributed by atoms with Crippen LogP contribution in [0.15, 0.2) is 30.3 Å². The van der Waals surface area contributed by atoms with E-state index in [1.54, 1.807) is 30.3 Å². The fourth-order valence-corrected chi connectivity index (χ4v) is 2.06. The van der Waals surface area contributed by atoms with Crippen LogP contribution in [0, 0.1) is 0 Å². The SMILES string of the molecule is CC(O)(CCc1ccccc1)CC(O)(C(F)(F)F)C(F)(F)F. The zero-order valence-electron chi connectivity index (χ0n) is 11.7. The summed E-state index contributed by atoms with van der Waals surface area (Å²) in [6, 6.07) is 8.29. The Morgan fingerprint density at radius 2 is 1.32 bits per heavy atom. The highest BCUT2D eigenvalue weighted by atomic mass is 19.4. The second kappa shape index (κ2) is 6.08. The molecule has 0 saturated heterocycles. The molecule has 0 aliphatic carbocycles. The van der Waals surface area contributed by atoms with Crippen LogP contribution in [0.2, 0.25) is 0 Å². The van der Waals surface area contributed by atoms with Crippen molar-refractivity contribution in [2.45, 2.75) is 49.7 Å². The summed E-state index contributed by atoms with van der Waals surface area (Å²) >= 11 is 0. The zero-order valence-corrected chi connectivity index (χ0v) is 11.7. The van der Waals surface area contributed by atoms with Crippen molar-refractivity contribution >= 4 is 0 Å². The Balaban J connectivity index is 2.88. The lowest BCUT2D eigenvalue weighted by atomic mass is 9.83. The Kier molecular flexibility index (Phi) is 5.18. The fraction of sp³-hybridized carbons (Fsp3) is 0.571. The minimum Gasteiger partial charge on any atom is -0.390 e. The second-order valence-electron chi connectivity index (χ2n) is 5.52. The van der Waals surface area contributed by atoms with Gasteiger partial charge in [0.25, 0.3) is 5.60 Å². The van der Waals surface area contributed by atoms with Gasteiger partial charge in [0.1, 0.15) is 0 Å². The van der Waals surface area contributed by atoms with Gasteiger partial charge in [0.15, 0.2) is 0 Å². The maximum Gasteiger partial charge on any atom is 0.426 e. The predicted molar refractivity (Wildman–Crippen MR) is 67.1 cm³/mol. The minimum absolute atomic E-state index is 0.0830. The monoisotopic (exact) mass is 330 g/mol.